The second-order valence-electron chi connectivity index (χ2n) is 8.45. The van der Waals surface area contributed by atoms with Crippen molar-refractivity contribution in [3.8, 4) is 22.6 Å². The van der Waals surface area contributed by atoms with Gasteiger partial charge in [0.15, 0.2) is 11.5 Å². The lowest BCUT2D eigenvalue weighted by atomic mass is 9.99. The molecular weight excluding hydrogens is 478 g/mol. The van der Waals surface area contributed by atoms with Gasteiger partial charge in [0.1, 0.15) is 0 Å². The molecule has 0 saturated carbocycles. The predicted molar refractivity (Wildman–Crippen MR) is 149 cm³/mol. The number of nitrogens with zero attached hydrogens (tertiary/aromatic N) is 1. The normalized spacial score (nSPS) is 10.9. The van der Waals surface area contributed by atoms with Gasteiger partial charge in [0, 0.05) is 12.0 Å². The van der Waals surface area contributed by atoms with E-state index in [1.165, 1.54) is 14.2 Å². The van der Waals surface area contributed by atoms with E-state index in [2.05, 4.69) is 28.0 Å². The lowest BCUT2D eigenvalue weighted by Gasteiger charge is -2.11. The third kappa shape index (κ3) is 6.85. The Balaban J connectivity index is 1.45. The minimum Gasteiger partial charge on any atom is -0.493 e. The second kappa shape index (κ2) is 12.9. The highest BCUT2D eigenvalue weighted by molar-refractivity contribution is 6.03. The summed E-state index contributed by atoms with van der Waals surface area (Å²) in [5.41, 5.74) is 7.81. The van der Waals surface area contributed by atoms with Gasteiger partial charge in [-0.1, -0.05) is 84.9 Å². The minimum atomic E-state index is -0.440. The summed E-state index contributed by atoms with van der Waals surface area (Å²) in [6, 6.07) is 32.9. The lowest BCUT2D eigenvalue weighted by Crippen LogP contribution is -2.35. The van der Waals surface area contributed by atoms with Crippen LogP contribution in [0.3, 0.4) is 0 Å². The number of nitrogens with one attached hydrogen (secondary N) is 2. The van der Waals surface area contributed by atoms with Crippen molar-refractivity contribution in [1.29, 1.82) is 0 Å². The summed E-state index contributed by atoms with van der Waals surface area (Å²) in [7, 11) is 3.01. The fraction of sp³-hybridized carbons (Fsp3) is 0.129. The number of rotatable bonds is 10. The van der Waals surface area contributed by atoms with Crippen LogP contribution in [0.4, 0.5) is 0 Å². The molecule has 192 valence electrons. The Hall–Kier alpha value is -4.91. The van der Waals surface area contributed by atoms with Crippen LogP contribution in [0.15, 0.2) is 108 Å². The first-order valence-corrected chi connectivity index (χ1v) is 12.1. The molecule has 0 aliphatic rings. The van der Waals surface area contributed by atoms with E-state index in [9.17, 15) is 9.59 Å². The molecule has 0 aliphatic carbocycles. The molecule has 7 nitrogen and oxygen atoms in total. The Morgan fingerprint density at radius 3 is 1.97 bits per heavy atom. The maximum Gasteiger partial charge on any atom is 0.259 e. The average Bonchev–Trinajstić information content (AvgIpc) is 2.98. The van der Waals surface area contributed by atoms with Crippen molar-refractivity contribution >= 4 is 17.5 Å². The van der Waals surface area contributed by atoms with E-state index < -0.39 is 11.8 Å². The number of carbonyl (C=O) groups is 2. The molecule has 0 aliphatic heterocycles. The predicted octanol–water partition coefficient (Wildman–Crippen LogP) is 4.86. The third-order valence-electron chi connectivity index (χ3n) is 5.91. The Labute approximate surface area is 222 Å². The molecule has 4 rings (SSSR count). The number of amides is 2. The standard InChI is InChI=1S/C31H29N3O4/c1-37-28-18-17-26(20-29(28)38-2)31(36)32-21-30(35)34-33-27(19-22-9-5-3-6-10-22)25-15-13-24(14-16-25)23-11-7-4-8-12-23/h3-18,20H,19,21H2,1-2H3,(H,32,36)(H,34,35)/b33-27+. The highest BCUT2D eigenvalue weighted by Gasteiger charge is 2.13. The molecule has 0 radical (unpaired) electrons. The third-order valence-corrected chi connectivity index (χ3v) is 5.91. The molecule has 0 bridgehead atoms. The Morgan fingerprint density at radius 1 is 0.711 bits per heavy atom. The van der Waals surface area contributed by atoms with Crippen LogP contribution in [-0.2, 0) is 11.2 Å². The molecule has 4 aromatic carbocycles. The topological polar surface area (TPSA) is 89.0 Å². The molecule has 4 aromatic rings. The highest BCUT2D eigenvalue weighted by Crippen LogP contribution is 2.27. The first-order valence-electron chi connectivity index (χ1n) is 12.1. The number of benzene rings is 4. The van der Waals surface area contributed by atoms with Crippen molar-refractivity contribution in [2.45, 2.75) is 6.42 Å². The second-order valence-corrected chi connectivity index (χ2v) is 8.45. The van der Waals surface area contributed by atoms with Gasteiger partial charge >= 0.3 is 0 Å². The van der Waals surface area contributed by atoms with Crippen molar-refractivity contribution in [2.75, 3.05) is 20.8 Å². The SMILES string of the molecule is COc1ccc(C(=O)NCC(=O)N/N=C(\Cc2ccccc2)c2ccc(-c3ccccc3)cc2)cc1OC. The van der Waals surface area contributed by atoms with Crippen LogP contribution in [0.1, 0.15) is 21.5 Å². The number of hydrogen-bond donors (Lipinski definition) is 2. The number of hydrazone groups is 1. The summed E-state index contributed by atoms with van der Waals surface area (Å²) < 4.78 is 10.4. The summed E-state index contributed by atoms with van der Waals surface area (Å²) >= 11 is 0. The zero-order valence-electron chi connectivity index (χ0n) is 21.3. The molecule has 2 amide bonds. The maximum absolute atomic E-state index is 12.6. The summed E-state index contributed by atoms with van der Waals surface area (Å²) in [5, 5.41) is 7.03. The van der Waals surface area contributed by atoms with Crippen LogP contribution in [-0.4, -0.2) is 38.3 Å². The summed E-state index contributed by atoms with van der Waals surface area (Å²) in [6.07, 6.45) is 0.532. The summed E-state index contributed by atoms with van der Waals surface area (Å²) in [4.78, 5) is 25.1. The van der Waals surface area contributed by atoms with E-state index in [4.69, 9.17) is 9.47 Å². The lowest BCUT2D eigenvalue weighted by molar-refractivity contribution is -0.120. The molecule has 0 unspecified atom stereocenters. The fourth-order valence-electron chi connectivity index (χ4n) is 3.89. The molecule has 7 heteroatoms. The Bertz CT molecular complexity index is 1400. The van der Waals surface area contributed by atoms with Crippen LogP contribution in [0.5, 0.6) is 11.5 Å². The average molecular weight is 508 g/mol. The van der Waals surface area contributed by atoms with Gasteiger partial charge in [-0.15, -0.1) is 0 Å². The molecular formula is C31H29N3O4. The van der Waals surface area contributed by atoms with Gasteiger partial charge in [-0.25, -0.2) is 5.43 Å². The van der Waals surface area contributed by atoms with Crippen LogP contribution < -0.4 is 20.2 Å². The molecule has 0 spiro atoms. The van der Waals surface area contributed by atoms with Crippen LogP contribution in [0.2, 0.25) is 0 Å². The van der Waals surface area contributed by atoms with E-state index in [0.29, 0.717) is 29.2 Å². The maximum atomic E-state index is 12.6. The quantitative estimate of drug-likeness (QED) is 0.237. The van der Waals surface area contributed by atoms with Gasteiger partial charge in [0.25, 0.3) is 11.8 Å². The minimum absolute atomic E-state index is 0.234. The van der Waals surface area contributed by atoms with Gasteiger partial charge in [0.2, 0.25) is 0 Å². The van der Waals surface area contributed by atoms with Crippen molar-refractivity contribution in [3.05, 3.63) is 120 Å². The van der Waals surface area contributed by atoms with Gasteiger partial charge in [-0.05, 0) is 40.5 Å². The van der Waals surface area contributed by atoms with Crippen LogP contribution in [0.25, 0.3) is 11.1 Å². The number of carbonyl (C=O) groups excluding carboxylic acids is 2. The zero-order valence-corrected chi connectivity index (χ0v) is 21.3. The van der Waals surface area contributed by atoms with Crippen molar-refractivity contribution in [1.82, 2.24) is 10.7 Å². The zero-order chi connectivity index (χ0) is 26.7. The van der Waals surface area contributed by atoms with Crippen LogP contribution >= 0.6 is 0 Å². The smallest absolute Gasteiger partial charge is 0.259 e. The van der Waals surface area contributed by atoms with E-state index in [0.717, 1.165) is 22.3 Å². The van der Waals surface area contributed by atoms with Crippen LogP contribution in [0, 0.1) is 0 Å². The number of hydrogen-bond acceptors (Lipinski definition) is 5. The molecule has 2 N–H and O–H groups in total. The first kappa shape index (κ1) is 26.2. The van der Waals surface area contributed by atoms with E-state index in [-0.39, 0.29) is 6.54 Å². The van der Waals surface area contributed by atoms with Crippen molar-refractivity contribution < 1.29 is 19.1 Å². The van der Waals surface area contributed by atoms with E-state index in [1.807, 2.05) is 72.8 Å². The molecule has 0 heterocycles. The van der Waals surface area contributed by atoms with Gasteiger partial charge in [-0.2, -0.15) is 5.10 Å². The molecule has 0 atom stereocenters. The summed E-state index contributed by atoms with van der Waals surface area (Å²) in [5.74, 6) is 0.0910. The van der Waals surface area contributed by atoms with Gasteiger partial charge in [0.05, 0.1) is 26.5 Å². The van der Waals surface area contributed by atoms with E-state index >= 15 is 0 Å². The highest BCUT2D eigenvalue weighted by atomic mass is 16.5. The van der Waals surface area contributed by atoms with Gasteiger partial charge in [-0.3, -0.25) is 9.59 Å². The Kier molecular flexibility index (Phi) is 8.86. The number of ether oxygens (including phenoxy) is 2. The van der Waals surface area contributed by atoms with E-state index in [1.54, 1.807) is 18.2 Å². The Morgan fingerprint density at radius 2 is 1.32 bits per heavy atom. The fourth-order valence-corrected chi connectivity index (χ4v) is 3.89. The molecule has 0 aromatic heterocycles. The number of methoxy groups -OCH3 is 2. The van der Waals surface area contributed by atoms with Crippen molar-refractivity contribution in [2.24, 2.45) is 5.10 Å². The molecule has 38 heavy (non-hydrogen) atoms. The first-order chi connectivity index (χ1) is 18.6. The summed E-state index contributed by atoms with van der Waals surface area (Å²) in [6.45, 7) is -0.234. The molecule has 0 saturated heterocycles. The monoisotopic (exact) mass is 507 g/mol. The molecule has 0 fully saturated rings. The largest absolute Gasteiger partial charge is 0.493 e. The van der Waals surface area contributed by atoms with Gasteiger partial charge < -0.3 is 14.8 Å². The van der Waals surface area contributed by atoms with Crippen molar-refractivity contribution in [3.63, 3.8) is 0 Å².